The van der Waals surface area contributed by atoms with Crippen LogP contribution in [0.4, 0.5) is 0 Å². The van der Waals surface area contributed by atoms with Crippen molar-refractivity contribution in [3.8, 4) is 0 Å². The first-order chi connectivity index (χ1) is 8.11. The second-order valence-electron chi connectivity index (χ2n) is 6.77. The summed E-state index contributed by atoms with van der Waals surface area (Å²) in [7, 11) is 0. The molecule has 0 aromatic carbocycles. The van der Waals surface area contributed by atoms with Crippen molar-refractivity contribution in [2.75, 3.05) is 19.6 Å². The lowest BCUT2D eigenvalue weighted by molar-refractivity contribution is 0.102. The van der Waals surface area contributed by atoms with Crippen molar-refractivity contribution in [3.63, 3.8) is 0 Å². The van der Waals surface area contributed by atoms with E-state index in [0.29, 0.717) is 0 Å². The highest BCUT2D eigenvalue weighted by atomic mass is 15.2. The Bertz CT molecular complexity index is 239. The van der Waals surface area contributed by atoms with E-state index in [2.05, 4.69) is 25.7 Å². The van der Waals surface area contributed by atoms with Crippen molar-refractivity contribution >= 4 is 0 Å². The highest BCUT2D eigenvalue weighted by Gasteiger charge is 2.36. The van der Waals surface area contributed by atoms with Gasteiger partial charge in [0, 0.05) is 12.6 Å². The third-order valence-electron chi connectivity index (χ3n) is 5.19. The Morgan fingerprint density at radius 2 is 2.00 bits per heavy atom. The van der Waals surface area contributed by atoms with Crippen LogP contribution in [0.2, 0.25) is 0 Å². The third-order valence-corrected chi connectivity index (χ3v) is 5.19. The van der Waals surface area contributed by atoms with Crippen LogP contribution in [0.3, 0.4) is 0 Å². The lowest BCUT2D eigenvalue weighted by Gasteiger charge is -2.40. The number of nitrogens with zero attached hydrogens (tertiary/aromatic N) is 1. The molecule has 2 rings (SSSR count). The second kappa shape index (κ2) is 5.71. The first kappa shape index (κ1) is 13.4. The van der Waals surface area contributed by atoms with Crippen molar-refractivity contribution in [2.45, 2.75) is 52.5 Å². The Balaban J connectivity index is 1.95. The number of nitrogens with two attached hydrogens (primary N) is 1. The smallest absolute Gasteiger partial charge is 0.0138 e. The highest BCUT2D eigenvalue weighted by molar-refractivity contribution is 4.90. The zero-order chi connectivity index (χ0) is 12.4. The molecule has 0 spiro atoms. The molecule has 2 N–H and O–H groups in total. The maximum atomic E-state index is 5.97. The fourth-order valence-electron chi connectivity index (χ4n) is 3.80. The molecule has 1 saturated carbocycles. The molecule has 0 aromatic heterocycles. The molecule has 0 aromatic rings. The molecule has 4 atom stereocenters. The topological polar surface area (TPSA) is 29.3 Å². The van der Waals surface area contributed by atoms with Gasteiger partial charge < -0.3 is 5.73 Å². The average Bonchev–Trinajstić information content (AvgIpc) is 2.78. The molecule has 17 heavy (non-hydrogen) atoms. The maximum absolute atomic E-state index is 5.97. The van der Waals surface area contributed by atoms with Gasteiger partial charge in [0.25, 0.3) is 0 Å². The molecule has 1 aliphatic carbocycles. The van der Waals surface area contributed by atoms with Crippen LogP contribution in [0.5, 0.6) is 0 Å². The van der Waals surface area contributed by atoms with Gasteiger partial charge in [-0.3, -0.25) is 4.90 Å². The summed E-state index contributed by atoms with van der Waals surface area (Å²) in [6.07, 6.45) is 5.53. The quantitative estimate of drug-likeness (QED) is 0.819. The molecule has 0 amide bonds. The Labute approximate surface area is 107 Å². The molecule has 2 nitrogen and oxygen atoms in total. The summed E-state index contributed by atoms with van der Waals surface area (Å²) < 4.78 is 0. The summed E-state index contributed by atoms with van der Waals surface area (Å²) in [6.45, 7) is 10.7. The van der Waals surface area contributed by atoms with Crippen LogP contribution in [0.15, 0.2) is 0 Å². The van der Waals surface area contributed by atoms with Crippen LogP contribution in [-0.2, 0) is 0 Å². The van der Waals surface area contributed by atoms with E-state index in [1.807, 2.05) is 0 Å². The monoisotopic (exact) mass is 238 g/mol. The van der Waals surface area contributed by atoms with Gasteiger partial charge in [0.2, 0.25) is 0 Å². The predicted octanol–water partition coefficient (Wildman–Crippen LogP) is 2.73. The highest BCUT2D eigenvalue weighted by Crippen LogP contribution is 2.35. The van der Waals surface area contributed by atoms with E-state index in [1.54, 1.807) is 0 Å². The minimum Gasteiger partial charge on any atom is -0.330 e. The van der Waals surface area contributed by atoms with Crippen LogP contribution in [0, 0.1) is 23.7 Å². The van der Waals surface area contributed by atoms with Gasteiger partial charge in [-0.1, -0.05) is 27.2 Å². The number of rotatable bonds is 3. The first-order valence-electron chi connectivity index (χ1n) is 7.56. The molecule has 0 bridgehead atoms. The van der Waals surface area contributed by atoms with E-state index in [-0.39, 0.29) is 0 Å². The lowest BCUT2D eigenvalue weighted by atomic mass is 9.78. The van der Waals surface area contributed by atoms with Crippen LogP contribution >= 0.6 is 0 Å². The Kier molecular flexibility index (Phi) is 4.48. The van der Waals surface area contributed by atoms with E-state index in [4.69, 9.17) is 5.73 Å². The van der Waals surface area contributed by atoms with Crippen LogP contribution in [0.25, 0.3) is 0 Å². The summed E-state index contributed by atoms with van der Waals surface area (Å²) >= 11 is 0. The number of hydrogen-bond donors (Lipinski definition) is 1. The lowest BCUT2D eigenvalue weighted by Crippen LogP contribution is -2.45. The van der Waals surface area contributed by atoms with Crippen molar-refractivity contribution in [1.82, 2.24) is 4.90 Å². The van der Waals surface area contributed by atoms with Crippen LogP contribution in [-0.4, -0.2) is 30.6 Å². The first-order valence-corrected chi connectivity index (χ1v) is 7.56. The fourth-order valence-corrected chi connectivity index (χ4v) is 3.80. The summed E-state index contributed by atoms with van der Waals surface area (Å²) in [5, 5.41) is 0. The van der Waals surface area contributed by atoms with Gasteiger partial charge in [-0.15, -0.1) is 0 Å². The molecule has 1 saturated heterocycles. The fraction of sp³-hybridized carbons (Fsp3) is 1.00. The second-order valence-corrected chi connectivity index (χ2v) is 6.77. The summed E-state index contributed by atoms with van der Waals surface area (Å²) in [6, 6.07) is 0.785. The number of hydrogen-bond acceptors (Lipinski definition) is 2. The van der Waals surface area contributed by atoms with Crippen molar-refractivity contribution in [2.24, 2.45) is 29.4 Å². The maximum Gasteiger partial charge on any atom is 0.0138 e. The van der Waals surface area contributed by atoms with Gasteiger partial charge in [-0.2, -0.15) is 0 Å². The molecule has 4 unspecified atom stereocenters. The van der Waals surface area contributed by atoms with Gasteiger partial charge in [0.1, 0.15) is 0 Å². The third kappa shape index (κ3) is 3.03. The van der Waals surface area contributed by atoms with Gasteiger partial charge in [0.05, 0.1) is 0 Å². The molecular formula is C15H30N2. The Morgan fingerprint density at radius 3 is 2.59 bits per heavy atom. The summed E-state index contributed by atoms with van der Waals surface area (Å²) in [4.78, 5) is 2.76. The minimum atomic E-state index is 0.761. The zero-order valence-electron chi connectivity index (χ0n) is 11.9. The molecule has 1 heterocycles. The molecule has 2 fully saturated rings. The molecule has 1 aliphatic heterocycles. The average molecular weight is 238 g/mol. The molecular weight excluding hydrogens is 208 g/mol. The summed E-state index contributed by atoms with van der Waals surface area (Å²) in [5.74, 6) is 3.43. The van der Waals surface area contributed by atoms with Crippen LogP contribution < -0.4 is 5.73 Å². The molecule has 100 valence electrons. The molecule has 0 radical (unpaired) electrons. The molecule has 2 heteroatoms. The van der Waals surface area contributed by atoms with Gasteiger partial charge in [0.15, 0.2) is 0 Å². The van der Waals surface area contributed by atoms with E-state index < -0.39 is 0 Å². The predicted molar refractivity (Wildman–Crippen MR) is 73.9 cm³/mol. The molecule has 2 aliphatic rings. The Hall–Kier alpha value is -0.0800. The normalized spacial score (nSPS) is 40.1. The standard InChI is InChI=1S/C15H30N2/c1-11(2)14-6-7-17(10-14)15-8-12(3)4-5-13(15)9-16/h11-15H,4-10,16H2,1-3H3. The van der Waals surface area contributed by atoms with E-state index in [9.17, 15) is 0 Å². The van der Waals surface area contributed by atoms with E-state index in [1.165, 1.54) is 38.8 Å². The van der Waals surface area contributed by atoms with Gasteiger partial charge >= 0.3 is 0 Å². The number of likely N-dealkylation sites (tertiary alicyclic amines) is 1. The van der Waals surface area contributed by atoms with Gasteiger partial charge in [-0.05, 0) is 56.0 Å². The minimum absolute atomic E-state index is 0.761. The van der Waals surface area contributed by atoms with E-state index in [0.717, 1.165) is 36.3 Å². The zero-order valence-corrected chi connectivity index (χ0v) is 11.9. The summed E-state index contributed by atoms with van der Waals surface area (Å²) in [5.41, 5.74) is 5.97. The van der Waals surface area contributed by atoms with Crippen molar-refractivity contribution in [3.05, 3.63) is 0 Å². The SMILES string of the molecule is CC1CCC(CN)C(N2CCC(C(C)C)C2)C1. The van der Waals surface area contributed by atoms with Gasteiger partial charge in [-0.25, -0.2) is 0 Å². The van der Waals surface area contributed by atoms with E-state index >= 15 is 0 Å². The van der Waals surface area contributed by atoms with Crippen molar-refractivity contribution in [1.29, 1.82) is 0 Å². The largest absolute Gasteiger partial charge is 0.330 e. The van der Waals surface area contributed by atoms with Crippen LogP contribution in [0.1, 0.15) is 46.5 Å². The Morgan fingerprint density at radius 1 is 1.24 bits per heavy atom. The van der Waals surface area contributed by atoms with Crippen molar-refractivity contribution < 1.29 is 0 Å².